The number of sulfonamides is 1. The number of rotatable bonds is 5. The molecule has 0 aromatic heterocycles. The van der Waals surface area contributed by atoms with Crippen molar-refractivity contribution in [2.75, 3.05) is 32.8 Å². The van der Waals surface area contributed by atoms with Crippen LogP contribution in [-0.2, 0) is 24.3 Å². The fraction of sp³-hybridized carbons (Fsp3) is 0.500. The number of amides is 1. The third-order valence-corrected chi connectivity index (χ3v) is 6.95. The molecule has 144 valence electrons. The molecule has 1 amide bonds. The molecule has 2 fully saturated rings. The highest BCUT2D eigenvalue weighted by molar-refractivity contribution is 7.89. The molecule has 0 N–H and O–H groups in total. The Morgan fingerprint density at radius 1 is 1.15 bits per heavy atom. The predicted octanol–water partition coefficient (Wildman–Crippen LogP) is 0.734. The maximum atomic E-state index is 12.8. The van der Waals surface area contributed by atoms with E-state index >= 15 is 0 Å². The molecule has 1 saturated carbocycles. The zero-order chi connectivity index (χ0) is 19.4. The normalized spacial score (nSPS) is 18.4. The summed E-state index contributed by atoms with van der Waals surface area (Å²) in [4.78, 5) is 25.4. The topological polar surface area (TPSA) is 108 Å². The fourth-order valence-corrected chi connectivity index (χ4v) is 4.65. The third kappa shape index (κ3) is 4.12. The third-order valence-electron chi connectivity index (χ3n) is 4.99. The molecule has 1 aliphatic heterocycles. The Labute approximate surface area is 158 Å². The van der Waals surface area contributed by atoms with Crippen LogP contribution in [0.4, 0.5) is 0 Å². The second-order valence-electron chi connectivity index (χ2n) is 6.63. The zero-order valence-electron chi connectivity index (χ0n) is 14.8. The van der Waals surface area contributed by atoms with Gasteiger partial charge in [-0.3, -0.25) is 9.59 Å². The lowest BCUT2D eigenvalue weighted by molar-refractivity contribution is -0.158. The molecule has 3 rings (SSSR count). The summed E-state index contributed by atoms with van der Waals surface area (Å²) in [6.07, 6.45) is 2.64. The van der Waals surface area contributed by atoms with Crippen molar-refractivity contribution in [1.82, 2.24) is 9.21 Å². The smallest absolute Gasteiger partial charge is 0.309 e. The van der Waals surface area contributed by atoms with Crippen LogP contribution in [0.3, 0.4) is 0 Å². The monoisotopic (exact) mass is 391 g/mol. The number of hydrogen-bond acceptors (Lipinski definition) is 6. The van der Waals surface area contributed by atoms with Gasteiger partial charge in [0.25, 0.3) is 5.91 Å². The standard InChI is InChI=1S/C18H21N3O5S/c19-12-15-4-1-2-7-16(15)27(24,25)21-10-8-20(9-11-21)17(22)13-26-18(23)14-5-3-6-14/h1-2,4,7,14H,3,5-6,8-11,13H2. The van der Waals surface area contributed by atoms with E-state index in [9.17, 15) is 18.0 Å². The molecule has 1 heterocycles. The molecule has 1 aromatic rings. The first-order valence-corrected chi connectivity index (χ1v) is 10.3. The molecular formula is C18H21N3O5S. The second kappa shape index (κ2) is 8.06. The number of nitrogens with zero attached hydrogens (tertiary/aromatic N) is 3. The maximum Gasteiger partial charge on any atom is 0.309 e. The maximum absolute atomic E-state index is 12.8. The number of esters is 1. The Kier molecular flexibility index (Phi) is 5.77. The average molecular weight is 391 g/mol. The van der Waals surface area contributed by atoms with Gasteiger partial charge in [0.15, 0.2) is 6.61 Å². The summed E-state index contributed by atoms with van der Waals surface area (Å²) in [5.74, 6) is -0.735. The molecule has 0 atom stereocenters. The molecule has 1 saturated heterocycles. The van der Waals surface area contributed by atoms with Crippen LogP contribution in [0.15, 0.2) is 29.2 Å². The van der Waals surface area contributed by atoms with Gasteiger partial charge in [-0.25, -0.2) is 8.42 Å². The Morgan fingerprint density at radius 2 is 1.81 bits per heavy atom. The molecule has 0 bridgehead atoms. The summed E-state index contributed by atoms with van der Waals surface area (Å²) in [6.45, 7) is 0.385. The Balaban J connectivity index is 1.55. The van der Waals surface area contributed by atoms with Gasteiger partial charge in [-0.2, -0.15) is 9.57 Å². The lowest BCUT2D eigenvalue weighted by atomic mass is 9.86. The minimum Gasteiger partial charge on any atom is -0.455 e. The van der Waals surface area contributed by atoms with Crippen molar-refractivity contribution in [3.05, 3.63) is 29.8 Å². The van der Waals surface area contributed by atoms with E-state index in [0.717, 1.165) is 19.3 Å². The second-order valence-corrected chi connectivity index (χ2v) is 8.53. The average Bonchev–Trinajstić information content (AvgIpc) is 2.64. The summed E-state index contributed by atoms with van der Waals surface area (Å²) in [5.41, 5.74) is 0.0962. The van der Waals surface area contributed by atoms with Gasteiger partial charge in [0.05, 0.1) is 16.4 Å². The summed E-state index contributed by atoms with van der Waals surface area (Å²) < 4.78 is 31.9. The summed E-state index contributed by atoms with van der Waals surface area (Å²) in [5, 5.41) is 9.13. The molecule has 0 radical (unpaired) electrons. The number of ether oxygens (including phenoxy) is 1. The van der Waals surface area contributed by atoms with Gasteiger partial charge in [0, 0.05) is 26.2 Å². The van der Waals surface area contributed by atoms with Gasteiger partial charge in [-0.1, -0.05) is 18.6 Å². The molecular weight excluding hydrogens is 370 g/mol. The van der Waals surface area contributed by atoms with E-state index in [1.54, 1.807) is 12.1 Å². The number of nitriles is 1. The number of carbonyl (C=O) groups is 2. The molecule has 9 heteroatoms. The Hall–Kier alpha value is -2.44. The van der Waals surface area contributed by atoms with Crippen molar-refractivity contribution in [3.63, 3.8) is 0 Å². The molecule has 2 aliphatic rings. The zero-order valence-corrected chi connectivity index (χ0v) is 15.7. The highest BCUT2D eigenvalue weighted by atomic mass is 32.2. The van der Waals surface area contributed by atoms with Crippen molar-refractivity contribution >= 4 is 21.9 Å². The van der Waals surface area contributed by atoms with Crippen LogP contribution in [0, 0.1) is 17.2 Å². The number of carbonyl (C=O) groups excluding carboxylic acids is 2. The summed E-state index contributed by atoms with van der Waals surface area (Å²) >= 11 is 0. The van der Waals surface area contributed by atoms with E-state index < -0.39 is 10.0 Å². The first-order chi connectivity index (χ1) is 12.9. The molecule has 0 unspecified atom stereocenters. The van der Waals surface area contributed by atoms with Gasteiger partial charge in [-0.15, -0.1) is 0 Å². The predicted molar refractivity (Wildman–Crippen MR) is 94.8 cm³/mol. The van der Waals surface area contributed by atoms with Crippen LogP contribution in [0.1, 0.15) is 24.8 Å². The van der Waals surface area contributed by atoms with E-state index in [-0.39, 0.29) is 61.0 Å². The fourth-order valence-electron chi connectivity index (χ4n) is 3.09. The summed E-state index contributed by atoms with van der Waals surface area (Å²) in [7, 11) is -3.80. The van der Waals surface area contributed by atoms with Crippen LogP contribution in [0.5, 0.6) is 0 Å². The van der Waals surface area contributed by atoms with E-state index in [2.05, 4.69) is 0 Å². The molecule has 8 nitrogen and oxygen atoms in total. The van der Waals surface area contributed by atoms with Gasteiger partial charge in [0.2, 0.25) is 10.0 Å². The van der Waals surface area contributed by atoms with Crippen LogP contribution in [0.2, 0.25) is 0 Å². The molecule has 1 aliphatic carbocycles. The van der Waals surface area contributed by atoms with Crippen molar-refractivity contribution in [1.29, 1.82) is 5.26 Å². The van der Waals surface area contributed by atoms with Crippen LogP contribution >= 0.6 is 0 Å². The number of benzene rings is 1. The van der Waals surface area contributed by atoms with Crippen LogP contribution < -0.4 is 0 Å². The van der Waals surface area contributed by atoms with Crippen molar-refractivity contribution < 1.29 is 22.7 Å². The SMILES string of the molecule is N#Cc1ccccc1S(=O)(=O)N1CCN(C(=O)COC(=O)C2CCC2)CC1. The van der Waals surface area contributed by atoms with E-state index in [4.69, 9.17) is 10.00 Å². The van der Waals surface area contributed by atoms with Crippen LogP contribution in [0.25, 0.3) is 0 Å². The lowest BCUT2D eigenvalue weighted by Gasteiger charge is -2.34. The largest absolute Gasteiger partial charge is 0.455 e. The highest BCUT2D eigenvalue weighted by Crippen LogP contribution is 2.27. The highest BCUT2D eigenvalue weighted by Gasteiger charge is 2.32. The van der Waals surface area contributed by atoms with E-state index in [1.807, 2.05) is 6.07 Å². The van der Waals surface area contributed by atoms with E-state index in [1.165, 1.54) is 21.3 Å². The molecule has 27 heavy (non-hydrogen) atoms. The summed E-state index contributed by atoms with van der Waals surface area (Å²) in [6, 6.07) is 7.95. The molecule has 0 spiro atoms. The van der Waals surface area contributed by atoms with Crippen LogP contribution in [-0.4, -0.2) is 62.3 Å². The van der Waals surface area contributed by atoms with E-state index in [0.29, 0.717) is 0 Å². The first-order valence-electron chi connectivity index (χ1n) is 8.87. The molecule has 1 aromatic carbocycles. The Bertz CT molecular complexity index is 865. The van der Waals surface area contributed by atoms with Gasteiger partial charge < -0.3 is 9.64 Å². The van der Waals surface area contributed by atoms with Crippen molar-refractivity contribution in [2.24, 2.45) is 5.92 Å². The first kappa shape index (κ1) is 19.3. The number of hydrogen-bond donors (Lipinski definition) is 0. The lowest BCUT2D eigenvalue weighted by Crippen LogP contribution is -2.51. The van der Waals surface area contributed by atoms with Gasteiger partial charge in [-0.05, 0) is 25.0 Å². The number of piperazine rings is 1. The van der Waals surface area contributed by atoms with Gasteiger partial charge in [0.1, 0.15) is 6.07 Å². The minimum absolute atomic E-state index is 0.0262. The minimum atomic E-state index is -3.80. The quantitative estimate of drug-likeness (QED) is 0.685. The van der Waals surface area contributed by atoms with Crippen molar-refractivity contribution in [3.8, 4) is 6.07 Å². The Morgan fingerprint density at radius 3 is 2.41 bits per heavy atom. The van der Waals surface area contributed by atoms with Gasteiger partial charge >= 0.3 is 5.97 Å². The van der Waals surface area contributed by atoms with Crippen molar-refractivity contribution in [2.45, 2.75) is 24.2 Å².